The van der Waals surface area contributed by atoms with E-state index in [2.05, 4.69) is 0 Å². The first-order valence-electron chi connectivity index (χ1n) is 9.72. The van der Waals surface area contributed by atoms with Crippen LogP contribution in [0, 0.1) is 12.7 Å². The Morgan fingerprint density at radius 1 is 1.22 bits per heavy atom. The van der Waals surface area contributed by atoms with Gasteiger partial charge in [0.1, 0.15) is 17.3 Å². The van der Waals surface area contributed by atoms with E-state index in [1.165, 1.54) is 35.5 Å². The monoisotopic (exact) mass is 471 g/mol. The van der Waals surface area contributed by atoms with Crippen molar-refractivity contribution in [3.63, 3.8) is 0 Å². The van der Waals surface area contributed by atoms with E-state index in [-0.39, 0.29) is 34.2 Å². The molecule has 5 nitrogen and oxygen atoms in total. The molecule has 1 saturated heterocycles. The summed E-state index contributed by atoms with van der Waals surface area (Å²) in [4.78, 5) is 28.2. The summed E-state index contributed by atoms with van der Waals surface area (Å²) in [5.41, 5.74) is 1.61. The average molecular weight is 472 g/mol. The number of ether oxygens (including phenoxy) is 1. The van der Waals surface area contributed by atoms with Gasteiger partial charge < -0.3 is 14.7 Å². The van der Waals surface area contributed by atoms with Crippen LogP contribution in [0.25, 0.3) is 5.76 Å². The zero-order valence-corrected chi connectivity index (χ0v) is 18.8. The Bertz CT molecular complexity index is 1220. The molecule has 1 atom stereocenters. The maximum absolute atomic E-state index is 13.3. The number of hydrogen-bond donors (Lipinski definition) is 1. The number of benzene rings is 2. The predicted octanol–water partition coefficient (Wildman–Crippen LogP) is 5.48. The number of Topliss-reactive ketones (excluding diaryl/α,β-unsaturated/α-hetero) is 1. The summed E-state index contributed by atoms with van der Waals surface area (Å²) in [7, 11) is 1.41. The molecule has 1 N–H and O–H groups in total. The Labute approximate surface area is 193 Å². The van der Waals surface area contributed by atoms with Crippen LogP contribution in [0.3, 0.4) is 0 Å². The molecule has 1 amide bonds. The summed E-state index contributed by atoms with van der Waals surface area (Å²) in [5, 5.41) is 13.4. The van der Waals surface area contributed by atoms with Gasteiger partial charge in [-0.15, -0.1) is 11.3 Å². The number of methoxy groups -OCH3 is 1. The van der Waals surface area contributed by atoms with Gasteiger partial charge in [-0.2, -0.15) is 0 Å². The van der Waals surface area contributed by atoms with Crippen molar-refractivity contribution in [2.75, 3.05) is 7.11 Å². The number of aliphatic hydroxyl groups is 1. The van der Waals surface area contributed by atoms with E-state index in [0.717, 1.165) is 5.56 Å². The Morgan fingerprint density at radius 3 is 2.56 bits per heavy atom. The third-order valence-corrected chi connectivity index (χ3v) is 6.47. The molecule has 4 rings (SSSR count). The Hall–Kier alpha value is -3.16. The van der Waals surface area contributed by atoms with Crippen LogP contribution >= 0.6 is 22.9 Å². The molecule has 32 heavy (non-hydrogen) atoms. The molecule has 1 aromatic heterocycles. The lowest BCUT2D eigenvalue weighted by Gasteiger charge is -2.24. The molecule has 8 heteroatoms. The number of rotatable bonds is 5. The molecule has 2 aromatic carbocycles. The molecule has 3 aromatic rings. The largest absolute Gasteiger partial charge is 0.507 e. The zero-order chi connectivity index (χ0) is 23.0. The Morgan fingerprint density at radius 2 is 1.94 bits per heavy atom. The van der Waals surface area contributed by atoms with E-state index in [4.69, 9.17) is 16.3 Å². The van der Waals surface area contributed by atoms with Gasteiger partial charge in [0.25, 0.3) is 11.7 Å². The number of carbonyl (C=O) groups excluding carboxylic acids is 2. The zero-order valence-electron chi connectivity index (χ0n) is 17.3. The van der Waals surface area contributed by atoms with E-state index < -0.39 is 23.5 Å². The number of aryl methyl sites for hydroxylation is 1. The number of nitrogens with zero attached hydrogens (tertiary/aromatic N) is 1. The van der Waals surface area contributed by atoms with Crippen LogP contribution in [-0.2, 0) is 16.1 Å². The molecule has 1 aliphatic heterocycles. The van der Waals surface area contributed by atoms with Gasteiger partial charge >= 0.3 is 0 Å². The van der Waals surface area contributed by atoms with Crippen molar-refractivity contribution < 1.29 is 23.8 Å². The summed E-state index contributed by atoms with van der Waals surface area (Å²) in [5.74, 6) is -2.08. The first-order chi connectivity index (χ1) is 15.3. The van der Waals surface area contributed by atoms with Crippen molar-refractivity contribution in [1.29, 1.82) is 0 Å². The van der Waals surface area contributed by atoms with Crippen LogP contribution in [0.5, 0.6) is 5.75 Å². The molecule has 0 spiro atoms. The molecule has 2 heterocycles. The average Bonchev–Trinajstić information content (AvgIpc) is 3.37. The first kappa shape index (κ1) is 22.0. The number of halogens is 2. The first-order valence-corrected chi connectivity index (χ1v) is 11.0. The molecule has 0 radical (unpaired) electrons. The second-order valence-corrected chi connectivity index (χ2v) is 8.78. The Kier molecular flexibility index (Phi) is 6.04. The fraction of sp³-hybridized carbons (Fsp3) is 0.167. The van der Waals surface area contributed by atoms with Crippen molar-refractivity contribution in [3.05, 3.63) is 91.9 Å². The minimum atomic E-state index is -0.803. The van der Waals surface area contributed by atoms with Gasteiger partial charge in [-0.25, -0.2) is 4.39 Å². The van der Waals surface area contributed by atoms with E-state index >= 15 is 0 Å². The quantitative estimate of drug-likeness (QED) is 0.304. The van der Waals surface area contributed by atoms with Crippen LogP contribution in [0.15, 0.2) is 59.5 Å². The third kappa shape index (κ3) is 3.89. The topological polar surface area (TPSA) is 66.8 Å². The summed E-state index contributed by atoms with van der Waals surface area (Å²) < 4.78 is 18.7. The lowest BCUT2D eigenvalue weighted by Crippen LogP contribution is -2.28. The highest BCUT2D eigenvalue weighted by atomic mass is 35.5. The second-order valence-electron chi connectivity index (χ2n) is 7.40. The molecule has 1 fully saturated rings. The lowest BCUT2D eigenvalue weighted by atomic mass is 9.98. The van der Waals surface area contributed by atoms with Crippen LogP contribution < -0.4 is 4.74 Å². The van der Waals surface area contributed by atoms with Crippen LogP contribution in [0.2, 0.25) is 5.02 Å². The van der Waals surface area contributed by atoms with Gasteiger partial charge in [-0.3, -0.25) is 9.59 Å². The lowest BCUT2D eigenvalue weighted by molar-refractivity contribution is -0.140. The highest BCUT2D eigenvalue weighted by Gasteiger charge is 2.46. The predicted molar refractivity (Wildman–Crippen MR) is 121 cm³/mol. The van der Waals surface area contributed by atoms with Crippen LogP contribution in [0.1, 0.15) is 27.6 Å². The third-order valence-electron chi connectivity index (χ3n) is 5.27. The molecule has 1 aliphatic rings. The fourth-order valence-electron chi connectivity index (χ4n) is 3.83. The number of amides is 1. The number of aliphatic hydroxyl groups excluding tert-OH is 1. The van der Waals surface area contributed by atoms with Crippen LogP contribution in [-0.4, -0.2) is 28.8 Å². The van der Waals surface area contributed by atoms with Gasteiger partial charge in [0.2, 0.25) is 0 Å². The van der Waals surface area contributed by atoms with E-state index in [1.54, 1.807) is 37.3 Å². The smallest absolute Gasteiger partial charge is 0.295 e. The fourth-order valence-corrected chi connectivity index (χ4v) is 5.03. The minimum Gasteiger partial charge on any atom is -0.507 e. The summed E-state index contributed by atoms with van der Waals surface area (Å²) in [6, 6.07) is 11.9. The van der Waals surface area contributed by atoms with Crippen molar-refractivity contribution >= 4 is 40.4 Å². The summed E-state index contributed by atoms with van der Waals surface area (Å²) in [6.07, 6.45) is 0. The second kappa shape index (κ2) is 8.76. The number of likely N-dealkylation sites (tertiary alicyclic amines) is 1. The van der Waals surface area contributed by atoms with Gasteiger partial charge in [0.05, 0.1) is 29.3 Å². The van der Waals surface area contributed by atoms with Gasteiger partial charge in [-0.05, 0) is 53.8 Å². The minimum absolute atomic E-state index is 0.0421. The van der Waals surface area contributed by atoms with Gasteiger partial charge in [0, 0.05) is 11.4 Å². The number of carbonyl (C=O) groups is 2. The van der Waals surface area contributed by atoms with E-state index in [0.29, 0.717) is 10.4 Å². The highest BCUT2D eigenvalue weighted by Crippen LogP contribution is 2.44. The standard InChI is InChI=1S/C24H19ClFNO4S/c1-13-10-16(23(31-2)17(25)11-13)21(28)19-20(18-4-3-9-32-18)27(24(30)22(19)29)12-14-5-7-15(26)8-6-14/h3-11,20,28H,12H2,1-2H3/b21-19-. The SMILES string of the molecule is COc1c(Cl)cc(C)cc1/C(O)=C1/C(=O)C(=O)N(Cc2ccc(F)cc2)C1c1cccs1. The van der Waals surface area contributed by atoms with E-state index in [9.17, 15) is 19.1 Å². The number of thiophene rings is 1. The maximum atomic E-state index is 13.3. The molecular formula is C24H19ClFNO4S. The molecule has 164 valence electrons. The normalized spacial score (nSPS) is 17.8. The summed E-state index contributed by atoms with van der Waals surface area (Å²) in [6.45, 7) is 1.88. The van der Waals surface area contributed by atoms with Crippen molar-refractivity contribution in [3.8, 4) is 5.75 Å². The molecular weight excluding hydrogens is 453 g/mol. The maximum Gasteiger partial charge on any atom is 0.295 e. The number of ketones is 1. The highest BCUT2D eigenvalue weighted by molar-refractivity contribution is 7.10. The molecule has 0 saturated carbocycles. The van der Waals surface area contributed by atoms with Gasteiger partial charge in [0.15, 0.2) is 0 Å². The molecule has 1 unspecified atom stereocenters. The van der Waals surface area contributed by atoms with Crippen molar-refractivity contribution in [2.45, 2.75) is 19.5 Å². The molecule has 0 bridgehead atoms. The number of hydrogen-bond acceptors (Lipinski definition) is 5. The molecule has 0 aliphatic carbocycles. The van der Waals surface area contributed by atoms with Crippen molar-refractivity contribution in [2.24, 2.45) is 0 Å². The van der Waals surface area contributed by atoms with Crippen LogP contribution in [0.4, 0.5) is 4.39 Å². The summed E-state index contributed by atoms with van der Waals surface area (Å²) >= 11 is 7.65. The van der Waals surface area contributed by atoms with Gasteiger partial charge in [-0.1, -0.05) is 29.8 Å². The van der Waals surface area contributed by atoms with E-state index in [1.807, 2.05) is 11.4 Å². The van der Waals surface area contributed by atoms with Crippen molar-refractivity contribution in [1.82, 2.24) is 4.90 Å². The Balaban J connectivity index is 1.88.